The van der Waals surface area contributed by atoms with Gasteiger partial charge in [0.2, 0.25) is 0 Å². The molecule has 1 aromatic heterocycles. The van der Waals surface area contributed by atoms with E-state index >= 15 is 0 Å². The number of hydrogen-bond donors (Lipinski definition) is 1. The standard InChI is InChI=1S/C13H10NO4PS/c15-19(16,17-10-6-2-1-3-7-10)18-13-14-11-8-4-5-9-12(11)20-13/h1-9H,(H,15,16). The van der Waals surface area contributed by atoms with E-state index in [1.807, 2.05) is 18.2 Å². The monoisotopic (exact) mass is 307 g/mol. The lowest BCUT2D eigenvalue weighted by atomic mass is 10.3. The first-order valence-electron chi connectivity index (χ1n) is 5.75. The van der Waals surface area contributed by atoms with Crippen LogP contribution in [-0.4, -0.2) is 9.88 Å². The predicted molar refractivity (Wildman–Crippen MR) is 77.1 cm³/mol. The Balaban J connectivity index is 1.80. The number of benzene rings is 2. The molecule has 2 aromatic carbocycles. The van der Waals surface area contributed by atoms with Crippen molar-refractivity contribution in [1.29, 1.82) is 0 Å². The Kier molecular flexibility index (Phi) is 3.44. The summed E-state index contributed by atoms with van der Waals surface area (Å²) in [5.41, 5.74) is 0.715. The van der Waals surface area contributed by atoms with E-state index in [4.69, 9.17) is 9.05 Å². The molecule has 7 heteroatoms. The van der Waals surface area contributed by atoms with Crippen molar-refractivity contribution in [3.63, 3.8) is 0 Å². The van der Waals surface area contributed by atoms with Crippen LogP contribution in [0.1, 0.15) is 0 Å². The molecular formula is C13H10NO4PS. The van der Waals surface area contributed by atoms with E-state index in [9.17, 15) is 9.46 Å². The number of hydrogen-bond acceptors (Lipinski definition) is 5. The summed E-state index contributed by atoms with van der Waals surface area (Å²) >= 11 is 1.19. The van der Waals surface area contributed by atoms with Crippen LogP contribution < -0.4 is 9.05 Å². The fourth-order valence-corrected chi connectivity index (χ4v) is 3.41. The average Bonchev–Trinajstić information content (AvgIpc) is 2.80. The third-order valence-corrected chi connectivity index (χ3v) is 4.31. The first-order valence-corrected chi connectivity index (χ1v) is 8.06. The number of para-hydroxylation sites is 2. The molecule has 0 amide bonds. The smallest absolute Gasteiger partial charge is 0.395 e. The maximum Gasteiger partial charge on any atom is 0.586 e. The molecule has 5 nitrogen and oxygen atoms in total. The van der Waals surface area contributed by atoms with Gasteiger partial charge in [-0.2, -0.15) is 0 Å². The van der Waals surface area contributed by atoms with Gasteiger partial charge in [-0.25, -0.2) is 9.55 Å². The summed E-state index contributed by atoms with van der Waals surface area (Å²) in [6.45, 7) is 0. The van der Waals surface area contributed by atoms with E-state index in [1.54, 1.807) is 36.4 Å². The molecule has 0 spiro atoms. The molecule has 0 saturated heterocycles. The molecule has 0 fully saturated rings. The van der Waals surface area contributed by atoms with Crippen molar-refractivity contribution >= 4 is 29.4 Å². The zero-order chi connectivity index (χ0) is 14.0. The quantitative estimate of drug-likeness (QED) is 0.741. The highest BCUT2D eigenvalue weighted by molar-refractivity contribution is 7.48. The summed E-state index contributed by atoms with van der Waals surface area (Å²) in [7, 11) is -4.24. The van der Waals surface area contributed by atoms with Crippen molar-refractivity contribution in [3.8, 4) is 10.9 Å². The van der Waals surface area contributed by atoms with Crippen LogP contribution in [0.4, 0.5) is 0 Å². The Labute approximate surface area is 119 Å². The maximum atomic E-state index is 11.9. The summed E-state index contributed by atoms with van der Waals surface area (Å²) in [5, 5.41) is 0.105. The Morgan fingerprint density at radius 3 is 2.45 bits per heavy atom. The third-order valence-electron chi connectivity index (χ3n) is 2.43. The van der Waals surface area contributed by atoms with Gasteiger partial charge in [0.15, 0.2) is 0 Å². The molecular weight excluding hydrogens is 297 g/mol. The number of fused-ring (bicyclic) bond motifs is 1. The molecule has 102 valence electrons. The van der Waals surface area contributed by atoms with Gasteiger partial charge >= 0.3 is 7.82 Å². The minimum atomic E-state index is -4.24. The molecule has 20 heavy (non-hydrogen) atoms. The lowest BCUT2D eigenvalue weighted by Crippen LogP contribution is -1.99. The van der Waals surface area contributed by atoms with Gasteiger partial charge in [-0.05, 0) is 24.3 Å². The normalized spacial score (nSPS) is 13.8. The fourth-order valence-electron chi connectivity index (χ4n) is 1.62. The van der Waals surface area contributed by atoms with E-state index in [-0.39, 0.29) is 10.9 Å². The van der Waals surface area contributed by atoms with Gasteiger partial charge < -0.3 is 9.05 Å². The van der Waals surface area contributed by atoms with E-state index in [0.29, 0.717) is 5.52 Å². The van der Waals surface area contributed by atoms with Crippen LogP contribution in [0.25, 0.3) is 10.2 Å². The van der Waals surface area contributed by atoms with Crippen LogP contribution in [0.2, 0.25) is 0 Å². The highest BCUT2D eigenvalue weighted by Gasteiger charge is 2.26. The molecule has 1 atom stereocenters. The molecule has 3 aromatic rings. The Morgan fingerprint density at radius 1 is 1.00 bits per heavy atom. The molecule has 1 heterocycles. The van der Waals surface area contributed by atoms with Gasteiger partial charge in [0, 0.05) is 0 Å². The summed E-state index contributed by atoms with van der Waals surface area (Å²) in [6.07, 6.45) is 0. The van der Waals surface area contributed by atoms with Crippen LogP contribution in [0.15, 0.2) is 54.6 Å². The molecule has 0 aliphatic rings. The molecule has 0 saturated carbocycles. The van der Waals surface area contributed by atoms with E-state index < -0.39 is 7.82 Å². The average molecular weight is 307 g/mol. The molecule has 3 rings (SSSR count). The maximum absolute atomic E-state index is 11.9. The zero-order valence-electron chi connectivity index (χ0n) is 10.2. The van der Waals surface area contributed by atoms with Crippen molar-refractivity contribution in [2.45, 2.75) is 0 Å². The minimum absolute atomic E-state index is 0.105. The van der Waals surface area contributed by atoms with E-state index in [0.717, 1.165) is 4.70 Å². The topological polar surface area (TPSA) is 68.7 Å². The highest BCUT2D eigenvalue weighted by Crippen LogP contribution is 2.46. The largest absolute Gasteiger partial charge is 0.586 e. The predicted octanol–water partition coefficient (Wildman–Crippen LogP) is 3.85. The highest BCUT2D eigenvalue weighted by atomic mass is 32.1. The lowest BCUT2D eigenvalue weighted by molar-refractivity contribution is 0.290. The van der Waals surface area contributed by atoms with E-state index in [1.165, 1.54) is 11.3 Å². The molecule has 1 unspecified atom stereocenters. The van der Waals surface area contributed by atoms with Gasteiger partial charge in [0.25, 0.3) is 5.19 Å². The van der Waals surface area contributed by atoms with Crippen LogP contribution >= 0.6 is 19.2 Å². The number of aromatic nitrogens is 1. The van der Waals surface area contributed by atoms with Gasteiger partial charge in [0.1, 0.15) is 5.75 Å². The molecule has 0 bridgehead atoms. The van der Waals surface area contributed by atoms with Gasteiger partial charge in [-0.3, -0.25) is 4.89 Å². The van der Waals surface area contributed by atoms with Gasteiger partial charge in [-0.1, -0.05) is 41.7 Å². The van der Waals surface area contributed by atoms with Crippen LogP contribution in [0, 0.1) is 0 Å². The first kappa shape index (κ1) is 13.1. The summed E-state index contributed by atoms with van der Waals surface area (Å²) in [5.74, 6) is 0.263. The second-order valence-electron chi connectivity index (χ2n) is 3.91. The van der Waals surface area contributed by atoms with Gasteiger partial charge in [0.05, 0.1) is 10.2 Å². The number of phosphoric ester groups is 1. The fraction of sp³-hybridized carbons (Fsp3) is 0. The van der Waals surface area contributed by atoms with Crippen molar-refractivity contribution in [3.05, 3.63) is 54.6 Å². The SMILES string of the molecule is O=P(O)(Oc1ccccc1)Oc1nc2ccccc2s1. The number of nitrogens with zero attached hydrogens (tertiary/aromatic N) is 1. The minimum Gasteiger partial charge on any atom is -0.395 e. The van der Waals surface area contributed by atoms with Crippen LogP contribution in [0.5, 0.6) is 10.9 Å². The molecule has 0 radical (unpaired) electrons. The van der Waals surface area contributed by atoms with Crippen LogP contribution in [0.3, 0.4) is 0 Å². The lowest BCUT2D eigenvalue weighted by Gasteiger charge is -2.11. The Morgan fingerprint density at radius 2 is 1.70 bits per heavy atom. The molecule has 0 aliphatic carbocycles. The Bertz CT molecular complexity index is 741. The van der Waals surface area contributed by atoms with E-state index in [2.05, 4.69) is 4.98 Å². The Hall–Kier alpha value is -1.88. The number of thiazole rings is 1. The van der Waals surface area contributed by atoms with Crippen molar-refractivity contribution in [2.24, 2.45) is 0 Å². The van der Waals surface area contributed by atoms with Crippen molar-refractivity contribution in [1.82, 2.24) is 4.98 Å². The number of phosphoric acid groups is 1. The zero-order valence-corrected chi connectivity index (χ0v) is 11.9. The molecule has 1 N–H and O–H groups in total. The van der Waals surface area contributed by atoms with Gasteiger partial charge in [-0.15, -0.1) is 0 Å². The van der Waals surface area contributed by atoms with Crippen molar-refractivity contribution in [2.75, 3.05) is 0 Å². The second kappa shape index (κ2) is 5.25. The third kappa shape index (κ3) is 2.99. The first-order chi connectivity index (χ1) is 9.62. The summed E-state index contributed by atoms with van der Waals surface area (Å²) in [4.78, 5) is 13.8. The van der Waals surface area contributed by atoms with Crippen LogP contribution in [-0.2, 0) is 4.57 Å². The number of rotatable bonds is 4. The van der Waals surface area contributed by atoms with Crippen molar-refractivity contribution < 1.29 is 18.5 Å². The summed E-state index contributed by atoms with van der Waals surface area (Å²) in [6, 6.07) is 15.7. The second-order valence-corrected chi connectivity index (χ2v) is 6.21. The summed E-state index contributed by atoms with van der Waals surface area (Å²) < 4.78 is 22.7. The molecule has 0 aliphatic heterocycles.